The third-order valence-corrected chi connectivity index (χ3v) is 3.93. The van der Waals surface area contributed by atoms with Crippen LogP contribution in [0.4, 0.5) is 4.39 Å². The Morgan fingerprint density at radius 1 is 1.15 bits per heavy atom. The molecule has 1 N–H and O–H groups in total. The van der Waals surface area contributed by atoms with Gasteiger partial charge in [0.05, 0.1) is 5.69 Å². The van der Waals surface area contributed by atoms with Crippen molar-refractivity contribution in [1.29, 1.82) is 0 Å². The molecule has 2 aromatic heterocycles. The molecule has 0 unspecified atom stereocenters. The minimum atomic E-state index is -0.966. The molecule has 0 fully saturated rings. The second kappa shape index (κ2) is 4.94. The van der Waals surface area contributed by atoms with Gasteiger partial charge >= 0.3 is 5.97 Å². The van der Waals surface area contributed by atoms with E-state index >= 15 is 0 Å². The Labute approximate surface area is 118 Å². The highest BCUT2D eigenvalue weighted by Crippen LogP contribution is 2.35. The quantitative estimate of drug-likeness (QED) is 0.790. The maximum absolute atomic E-state index is 13.0. The minimum absolute atomic E-state index is 0.264. The van der Waals surface area contributed by atoms with Crippen molar-refractivity contribution >= 4 is 17.3 Å². The monoisotopic (exact) mass is 287 g/mol. The van der Waals surface area contributed by atoms with Gasteiger partial charge in [0, 0.05) is 23.3 Å². The lowest BCUT2D eigenvalue weighted by Gasteiger charge is -2.07. The molecular weight excluding hydrogens is 277 g/mol. The largest absolute Gasteiger partial charge is 0.477 e. The van der Waals surface area contributed by atoms with Crippen LogP contribution in [-0.2, 0) is 0 Å². The Balaban J connectivity index is 2.21. The molecule has 0 saturated carbocycles. The molecule has 3 rings (SSSR count). The van der Waals surface area contributed by atoms with E-state index in [0.29, 0.717) is 5.69 Å². The number of benzene rings is 1. The number of hydrogen-bond donors (Lipinski definition) is 1. The van der Waals surface area contributed by atoms with E-state index in [9.17, 15) is 14.3 Å². The van der Waals surface area contributed by atoms with Gasteiger partial charge in [-0.25, -0.2) is 9.18 Å². The van der Waals surface area contributed by atoms with Crippen LogP contribution in [0, 0.1) is 5.82 Å². The van der Waals surface area contributed by atoms with Crippen molar-refractivity contribution in [2.24, 2.45) is 0 Å². The van der Waals surface area contributed by atoms with Crippen LogP contribution >= 0.6 is 11.3 Å². The van der Waals surface area contributed by atoms with E-state index in [4.69, 9.17) is 0 Å². The van der Waals surface area contributed by atoms with Crippen LogP contribution in [0.15, 0.2) is 54.2 Å². The predicted octanol–water partition coefficient (Wildman–Crippen LogP) is 4.04. The maximum atomic E-state index is 13.0. The van der Waals surface area contributed by atoms with E-state index < -0.39 is 5.97 Å². The third-order valence-electron chi connectivity index (χ3n) is 2.98. The average Bonchev–Trinajstić information content (AvgIpc) is 3.08. The second-order valence-corrected chi connectivity index (χ2v) is 5.11. The van der Waals surface area contributed by atoms with Crippen molar-refractivity contribution < 1.29 is 14.3 Å². The zero-order chi connectivity index (χ0) is 14.1. The molecule has 20 heavy (non-hydrogen) atoms. The first-order chi connectivity index (χ1) is 9.66. The first-order valence-electron chi connectivity index (χ1n) is 5.91. The van der Waals surface area contributed by atoms with Crippen LogP contribution < -0.4 is 0 Å². The fourth-order valence-electron chi connectivity index (χ4n) is 2.08. The molecular formula is C15H10FNO2S. The highest BCUT2D eigenvalue weighted by Gasteiger charge is 2.19. The Kier molecular flexibility index (Phi) is 3.12. The molecule has 0 saturated heterocycles. The lowest BCUT2D eigenvalue weighted by atomic mass is 10.1. The van der Waals surface area contributed by atoms with Gasteiger partial charge in [0.25, 0.3) is 0 Å². The van der Waals surface area contributed by atoms with Crippen LogP contribution in [0.3, 0.4) is 0 Å². The van der Waals surface area contributed by atoms with Gasteiger partial charge in [-0.15, -0.1) is 11.3 Å². The number of aromatic nitrogens is 1. The van der Waals surface area contributed by atoms with Crippen LogP contribution in [0.25, 0.3) is 16.8 Å². The number of rotatable bonds is 3. The fraction of sp³-hybridized carbons (Fsp3) is 0. The second-order valence-electron chi connectivity index (χ2n) is 4.23. The van der Waals surface area contributed by atoms with Crippen molar-refractivity contribution in [3.8, 4) is 16.8 Å². The summed E-state index contributed by atoms with van der Waals surface area (Å²) in [7, 11) is 0. The molecule has 5 heteroatoms. The van der Waals surface area contributed by atoms with Crippen molar-refractivity contribution in [2.75, 3.05) is 0 Å². The van der Waals surface area contributed by atoms with Crippen LogP contribution in [0.5, 0.6) is 0 Å². The summed E-state index contributed by atoms with van der Waals surface area (Å²) in [6.45, 7) is 0. The van der Waals surface area contributed by atoms with Gasteiger partial charge in [0.2, 0.25) is 0 Å². The molecule has 2 heterocycles. The SMILES string of the molecule is O=C(O)c1scc(-c2ccc(F)cc2)c1-n1cccc1. The Bertz CT molecular complexity index is 745. The van der Waals surface area contributed by atoms with Gasteiger partial charge in [0.15, 0.2) is 0 Å². The summed E-state index contributed by atoms with van der Waals surface area (Å²) in [5, 5.41) is 11.1. The standard InChI is InChI=1S/C15H10FNO2S/c16-11-5-3-10(4-6-11)12-9-20-14(15(18)19)13(12)17-7-1-2-8-17/h1-9H,(H,18,19). The normalized spacial score (nSPS) is 10.7. The maximum Gasteiger partial charge on any atom is 0.348 e. The van der Waals surface area contributed by atoms with E-state index in [-0.39, 0.29) is 10.7 Å². The molecule has 0 aliphatic carbocycles. The highest BCUT2D eigenvalue weighted by atomic mass is 32.1. The topological polar surface area (TPSA) is 42.2 Å². The zero-order valence-corrected chi connectivity index (χ0v) is 11.1. The van der Waals surface area contributed by atoms with E-state index in [1.165, 1.54) is 23.5 Å². The number of thiophene rings is 1. The molecule has 0 aliphatic rings. The fourth-order valence-corrected chi connectivity index (χ4v) is 2.99. The summed E-state index contributed by atoms with van der Waals surface area (Å²) < 4.78 is 14.8. The number of halogens is 1. The first-order valence-corrected chi connectivity index (χ1v) is 6.79. The summed E-state index contributed by atoms with van der Waals surface area (Å²) in [6, 6.07) is 9.70. The summed E-state index contributed by atoms with van der Waals surface area (Å²) in [6.07, 6.45) is 3.59. The molecule has 0 aliphatic heterocycles. The Hall–Kier alpha value is -2.40. The lowest BCUT2D eigenvalue weighted by Crippen LogP contribution is -2.01. The van der Waals surface area contributed by atoms with Gasteiger partial charge in [-0.3, -0.25) is 0 Å². The summed E-state index contributed by atoms with van der Waals surface area (Å²) >= 11 is 1.17. The Morgan fingerprint density at radius 2 is 1.80 bits per heavy atom. The van der Waals surface area contributed by atoms with Crippen LogP contribution in [0.2, 0.25) is 0 Å². The van der Waals surface area contributed by atoms with Gasteiger partial charge in [-0.05, 0) is 29.8 Å². The summed E-state index contributed by atoms with van der Waals surface area (Å²) in [5.74, 6) is -1.28. The molecule has 0 radical (unpaired) electrons. The molecule has 3 nitrogen and oxygen atoms in total. The lowest BCUT2D eigenvalue weighted by molar-refractivity contribution is 0.0702. The molecule has 0 atom stereocenters. The molecule has 3 aromatic rings. The van der Waals surface area contributed by atoms with E-state index in [0.717, 1.165) is 11.1 Å². The molecule has 0 amide bonds. The van der Waals surface area contributed by atoms with Gasteiger partial charge in [0.1, 0.15) is 10.7 Å². The molecule has 0 spiro atoms. The van der Waals surface area contributed by atoms with Crippen molar-refractivity contribution in [2.45, 2.75) is 0 Å². The zero-order valence-electron chi connectivity index (χ0n) is 10.3. The first kappa shape index (κ1) is 12.6. The van der Waals surface area contributed by atoms with E-state index in [2.05, 4.69) is 0 Å². The third kappa shape index (κ3) is 2.12. The van der Waals surface area contributed by atoms with Crippen molar-refractivity contribution in [1.82, 2.24) is 4.57 Å². The average molecular weight is 287 g/mol. The van der Waals surface area contributed by atoms with Crippen molar-refractivity contribution in [3.05, 3.63) is 64.9 Å². The predicted molar refractivity (Wildman–Crippen MR) is 76.0 cm³/mol. The number of carbonyl (C=O) groups is 1. The van der Waals surface area contributed by atoms with Crippen LogP contribution in [0.1, 0.15) is 9.67 Å². The van der Waals surface area contributed by atoms with Gasteiger partial charge in [-0.1, -0.05) is 12.1 Å². The molecule has 100 valence electrons. The van der Waals surface area contributed by atoms with Crippen LogP contribution in [-0.4, -0.2) is 15.6 Å². The van der Waals surface area contributed by atoms with Gasteiger partial charge in [-0.2, -0.15) is 0 Å². The number of carboxylic acid groups (broad SMARTS) is 1. The van der Waals surface area contributed by atoms with E-state index in [1.807, 2.05) is 12.1 Å². The molecule has 1 aromatic carbocycles. The Morgan fingerprint density at radius 3 is 2.40 bits per heavy atom. The minimum Gasteiger partial charge on any atom is -0.477 e. The van der Waals surface area contributed by atoms with E-state index in [1.54, 1.807) is 34.5 Å². The van der Waals surface area contributed by atoms with Crippen molar-refractivity contribution in [3.63, 3.8) is 0 Å². The number of aromatic carboxylic acids is 1. The highest BCUT2D eigenvalue weighted by molar-refractivity contribution is 7.13. The summed E-state index contributed by atoms with van der Waals surface area (Å²) in [5.41, 5.74) is 2.18. The number of carboxylic acids is 1. The number of hydrogen-bond acceptors (Lipinski definition) is 2. The smallest absolute Gasteiger partial charge is 0.348 e. The van der Waals surface area contributed by atoms with Gasteiger partial charge < -0.3 is 9.67 Å². The summed E-state index contributed by atoms with van der Waals surface area (Å²) in [4.78, 5) is 11.6. The molecule has 0 bridgehead atoms. The number of nitrogens with zero attached hydrogens (tertiary/aromatic N) is 1.